The number of hydrogen-bond donors (Lipinski definition) is 1. The van der Waals surface area contributed by atoms with Gasteiger partial charge in [-0.15, -0.1) is 0 Å². The molecule has 2 rings (SSSR count). The number of aromatic nitrogens is 2. The highest BCUT2D eigenvalue weighted by atomic mass is 16.3. The van der Waals surface area contributed by atoms with Gasteiger partial charge in [0.15, 0.2) is 0 Å². The number of aryl methyl sites for hydroxylation is 1. The molecule has 102 valence electrons. The Balaban J connectivity index is 1.90. The third kappa shape index (κ3) is 3.67. The quantitative estimate of drug-likeness (QED) is 0.861. The van der Waals surface area contributed by atoms with Crippen molar-refractivity contribution in [2.24, 2.45) is 0 Å². The Morgan fingerprint density at radius 3 is 2.63 bits per heavy atom. The van der Waals surface area contributed by atoms with Crippen LogP contribution in [0.5, 0.6) is 0 Å². The molecule has 0 fully saturated rings. The van der Waals surface area contributed by atoms with E-state index >= 15 is 0 Å². The lowest BCUT2D eigenvalue weighted by Crippen LogP contribution is -2.05. The smallest absolute Gasteiger partial charge is 0.0793 e. The van der Waals surface area contributed by atoms with Crippen LogP contribution in [0.1, 0.15) is 50.1 Å². The molecule has 0 bridgehead atoms. The molecule has 2 unspecified atom stereocenters. The first kappa shape index (κ1) is 13.8. The summed E-state index contributed by atoms with van der Waals surface area (Å²) in [4.78, 5) is 0. The Bertz CT molecular complexity index is 492. The molecular weight excluding hydrogens is 236 g/mol. The molecule has 1 aromatic heterocycles. The summed E-state index contributed by atoms with van der Waals surface area (Å²) >= 11 is 0. The Labute approximate surface area is 114 Å². The SMILES string of the molecule is CCC(C)n1ccc(CCC(O)c2ccccc2)n1. The molecule has 19 heavy (non-hydrogen) atoms. The van der Waals surface area contributed by atoms with Crippen molar-refractivity contribution in [3.63, 3.8) is 0 Å². The van der Waals surface area contributed by atoms with Crippen molar-refractivity contribution in [1.82, 2.24) is 9.78 Å². The van der Waals surface area contributed by atoms with Crippen LogP contribution in [0.3, 0.4) is 0 Å². The van der Waals surface area contributed by atoms with E-state index in [1.807, 2.05) is 47.3 Å². The van der Waals surface area contributed by atoms with Crippen molar-refractivity contribution < 1.29 is 5.11 Å². The van der Waals surface area contributed by atoms with Gasteiger partial charge in [-0.05, 0) is 37.8 Å². The van der Waals surface area contributed by atoms with E-state index in [9.17, 15) is 5.11 Å². The van der Waals surface area contributed by atoms with Crippen LogP contribution in [0.15, 0.2) is 42.6 Å². The number of nitrogens with zero attached hydrogens (tertiary/aromatic N) is 2. The molecule has 0 aliphatic heterocycles. The minimum Gasteiger partial charge on any atom is -0.388 e. The molecule has 1 aromatic carbocycles. The molecule has 0 amide bonds. The van der Waals surface area contributed by atoms with Crippen LogP contribution in [0, 0.1) is 0 Å². The standard InChI is InChI=1S/C16H22N2O/c1-3-13(2)18-12-11-15(17-18)9-10-16(19)14-7-5-4-6-8-14/h4-8,11-13,16,19H,3,9-10H2,1-2H3. The summed E-state index contributed by atoms with van der Waals surface area (Å²) in [6, 6.07) is 12.3. The third-order valence-electron chi connectivity index (χ3n) is 3.56. The van der Waals surface area contributed by atoms with Crippen molar-refractivity contribution in [3.05, 3.63) is 53.9 Å². The first-order chi connectivity index (χ1) is 9.20. The van der Waals surface area contributed by atoms with Gasteiger partial charge in [0.2, 0.25) is 0 Å². The lowest BCUT2D eigenvalue weighted by atomic mass is 10.0. The summed E-state index contributed by atoms with van der Waals surface area (Å²) in [5, 5.41) is 14.7. The molecule has 0 aliphatic rings. The summed E-state index contributed by atoms with van der Waals surface area (Å²) in [6.45, 7) is 4.32. The molecule has 0 aliphatic carbocycles. The lowest BCUT2D eigenvalue weighted by Gasteiger charge is -2.10. The maximum absolute atomic E-state index is 10.1. The van der Waals surface area contributed by atoms with Crippen molar-refractivity contribution in [1.29, 1.82) is 0 Å². The number of hydrogen-bond acceptors (Lipinski definition) is 2. The van der Waals surface area contributed by atoms with Crippen LogP contribution in [-0.2, 0) is 6.42 Å². The minimum absolute atomic E-state index is 0.407. The predicted molar refractivity (Wildman–Crippen MR) is 77.0 cm³/mol. The van der Waals surface area contributed by atoms with E-state index < -0.39 is 6.10 Å². The number of rotatable bonds is 6. The minimum atomic E-state index is -0.407. The molecule has 2 atom stereocenters. The van der Waals surface area contributed by atoms with Gasteiger partial charge in [-0.2, -0.15) is 5.10 Å². The largest absolute Gasteiger partial charge is 0.388 e. The Kier molecular flexibility index (Phi) is 4.74. The fraction of sp³-hybridized carbons (Fsp3) is 0.438. The zero-order valence-electron chi connectivity index (χ0n) is 11.7. The van der Waals surface area contributed by atoms with E-state index in [0.717, 1.165) is 24.1 Å². The highest BCUT2D eigenvalue weighted by Gasteiger charge is 2.09. The molecular formula is C16H22N2O. The number of aliphatic hydroxyl groups excluding tert-OH is 1. The highest BCUT2D eigenvalue weighted by Crippen LogP contribution is 2.18. The third-order valence-corrected chi connectivity index (χ3v) is 3.56. The van der Waals surface area contributed by atoms with Gasteiger partial charge in [0.1, 0.15) is 0 Å². The average Bonchev–Trinajstić information content (AvgIpc) is 2.93. The van der Waals surface area contributed by atoms with Crippen LogP contribution in [0.4, 0.5) is 0 Å². The second-order valence-electron chi connectivity index (χ2n) is 5.01. The maximum Gasteiger partial charge on any atom is 0.0793 e. The van der Waals surface area contributed by atoms with Gasteiger partial charge in [-0.3, -0.25) is 4.68 Å². The van der Waals surface area contributed by atoms with Crippen molar-refractivity contribution in [3.8, 4) is 0 Å². The molecule has 2 aromatic rings. The van der Waals surface area contributed by atoms with Gasteiger partial charge < -0.3 is 5.11 Å². The Morgan fingerprint density at radius 2 is 1.95 bits per heavy atom. The Morgan fingerprint density at radius 1 is 1.21 bits per heavy atom. The van der Waals surface area contributed by atoms with Gasteiger partial charge in [-0.1, -0.05) is 37.3 Å². The summed E-state index contributed by atoms with van der Waals surface area (Å²) in [5.41, 5.74) is 2.03. The second kappa shape index (κ2) is 6.53. The van der Waals surface area contributed by atoms with Gasteiger partial charge in [0.05, 0.1) is 11.8 Å². The monoisotopic (exact) mass is 258 g/mol. The molecule has 0 saturated heterocycles. The first-order valence-corrected chi connectivity index (χ1v) is 6.97. The average molecular weight is 258 g/mol. The van der Waals surface area contributed by atoms with E-state index in [0.29, 0.717) is 12.5 Å². The normalized spacial score (nSPS) is 14.3. The molecule has 0 spiro atoms. The van der Waals surface area contributed by atoms with E-state index in [2.05, 4.69) is 18.9 Å². The predicted octanol–water partition coefficient (Wildman–Crippen LogP) is 3.52. The summed E-state index contributed by atoms with van der Waals surface area (Å²) in [6.07, 6.45) is 4.21. The topological polar surface area (TPSA) is 38.0 Å². The lowest BCUT2D eigenvalue weighted by molar-refractivity contribution is 0.167. The number of benzene rings is 1. The first-order valence-electron chi connectivity index (χ1n) is 6.97. The van der Waals surface area contributed by atoms with Crippen LogP contribution in [0.25, 0.3) is 0 Å². The van der Waals surface area contributed by atoms with Gasteiger partial charge in [0.25, 0.3) is 0 Å². The Hall–Kier alpha value is -1.61. The van der Waals surface area contributed by atoms with Gasteiger partial charge in [-0.25, -0.2) is 0 Å². The molecule has 0 radical (unpaired) electrons. The number of aliphatic hydroxyl groups is 1. The molecule has 1 N–H and O–H groups in total. The van der Waals surface area contributed by atoms with Gasteiger partial charge in [0, 0.05) is 12.2 Å². The fourth-order valence-corrected chi connectivity index (χ4v) is 2.07. The van der Waals surface area contributed by atoms with E-state index in [1.165, 1.54) is 0 Å². The van der Waals surface area contributed by atoms with Crippen molar-refractivity contribution in [2.75, 3.05) is 0 Å². The highest BCUT2D eigenvalue weighted by molar-refractivity contribution is 5.17. The van der Waals surface area contributed by atoms with Crippen LogP contribution in [-0.4, -0.2) is 14.9 Å². The fourth-order valence-electron chi connectivity index (χ4n) is 2.07. The second-order valence-corrected chi connectivity index (χ2v) is 5.01. The van der Waals surface area contributed by atoms with Crippen molar-refractivity contribution in [2.45, 2.75) is 45.3 Å². The van der Waals surface area contributed by atoms with Crippen molar-refractivity contribution >= 4 is 0 Å². The van der Waals surface area contributed by atoms with Gasteiger partial charge >= 0.3 is 0 Å². The molecule has 1 heterocycles. The van der Waals surface area contributed by atoms with E-state index in [1.54, 1.807) is 0 Å². The molecule has 3 nitrogen and oxygen atoms in total. The zero-order chi connectivity index (χ0) is 13.7. The zero-order valence-corrected chi connectivity index (χ0v) is 11.7. The summed E-state index contributed by atoms with van der Waals surface area (Å²) in [5.74, 6) is 0. The molecule has 0 saturated carbocycles. The summed E-state index contributed by atoms with van der Waals surface area (Å²) in [7, 11) is 0. The maximum atomic E-state index is 10.1. The van der Waals surface area contributed by atoms with E-state index in [-0.39, 0.29) is 0 Å². The van der Waals surface area contributed by atoms with E-state index in [4.69, 9.17) is 0 Å². The van der Waals surface area contributed by atoms with Crippen LogP contribution < -0.4 is 0 Å². The van der Waals surface area contributed by atoms with Crippen LogP contribution in [0.2, 0.25) is 0 Å². The van der Waals surface area contributed by atoms with Crippen LogP contribution >= 0.6 is 0 Å². The summed E-state index contributed by atoms with van der Waals surface area (Å²) < 4.78 is 2.00. The molecule has 3 heteroatoms.